The highest BCUT2D eigenvalue weighted by Gasteiger charge is 2.34. The molecular weight excluding hydrogens is 324 g/mol. The Labute approximate surface area is 134 Å². The van der Waals surface area contributed by atoms with E-state index in [1.807, 2.05) is 0 Å². The molecule has 1 fully saturated rings. The molecule has 0 aromatic carbocycles. The van der Waals surface area contributed by atoms with Crippen LogP contribution < -0.4 is 0 Å². The SMILES string of the molecule is COC(=O)COC(=O)[C@H]1CCCN(S(=O)(=O)c2cccnc2)C1. The number of rotatable bonds is 5. The number of esters is 2. The van der Waals surface area contributed by atoms with Crippen molar-refractivity contribution in [1.82, 2.24) is 9.29 Å². The van der Waals surface area contributed by atoms with Crippen LogP contribution in [0.1, 0.15) is 12.8 Å². The number of ether oxygens (including phenoxy) is 2. The second-order valence-corrected chi connectivity index (χ2v) is 7.01. The maximum Gasteiger partial charge on any atom is 0.344 e. The Hall–Kier alpha value is -2.00. The first kappa shape index (κ1) is 17.4. The molecule has 2 heterocycles. The van der Waals surface area contributed by atoms with Gasteiger partial charge >= 0.3 is 11.9 Å². The van der Waals surface area contributed by atoms with Gasteiger partial charge in [0, 0.05) is 25.5 Å². The summed E-state index contributed by atoms with van der Waals surface area (Å²) < 4.78 is 35.5. The number of hydrogen-bond donors (Lipinski definition) is 0. The summed E-state index contributed by atoms with van der Waals surface area (Å²) >= 11 is 0. The van der Waals surface area contributed by atoms with Gasteiger partial charge in [-0.2, -0.15) is 4.31 Å². The number of nitrogens with zero attached hydrogens (tertiary/aromatic N) is 2. The van der Waals surface area contributed by atoms with Crippen LogP contribution in [-0.4, -0.2) is 56.5 Å². The Morgan fingerprint density at radius 3 is 2.87 bits per heavy atom. The zero-order chi connectivity index (χ0) is 16.9. The molecule has 0 radical (unpaired) electrons. The van der Waals surface area contributed by atoms with Crippen molar-refractivity contribution in [2.24, 2.45) is 5.92 Å². The van der Waals surface area contributed by atoms with Crippen molar-refractivity contribution >= 4 is 22.0 Å². The predicted molar refractivity (Wildman–Crippen MR) is 78.7 cm³/mol. The van der Waals surface area contributed by atoms with Crippen LogP contribution >= 0.6 is 0 Å². The third-order valence-corrected chi connectivity index (χ3v) is 5.40. The van der Waals surface area contributed by atoms with E-state index in [9.17, 15) is 18.0 Å². The summed E-state index contributed by atoms with van der Waals surface area (Å²) in [5, 5.41) is 0. The molecule has 1 aliphatic heterocycles. The van der Waals surface area contributed by atoms with Crippen molar-refractivity contribution in [2.75, 3.05) is 26.8 Å². The summed E-state index contributed by atoms with van der Waals surface area (Å²) in [5.74, 6) is -1.85. The van der Waals surface area contributed by atoms with E-state index < -0.39 is 34.5 Å². The number of aromatic nitrogens is 1. The molecule has 2 rings (SSSR count). The summed E-state index contributed by atoms with van der Waals surface area (Å²) in [4.78, 5) is 26.9. The van der Waals surface area contributed by atoms with Gasteiger partial charge in [-0.15, -0.1) is 0 Å². The van der Waals surface area contributed by atoms with Crippen molar-refractivity contribution in [3.63, 3.8) is 0 Å². The van der Waals surface area contributed by atoms with E-state index in [0.29, 0.717) is 19.4 Å². The van der Waals surface area contributed by atoms with Gasteiger partial charge in [0.05, 0.1) is 13.0 Å². The Kier molecular flexibility index (Phi) is 5.67. The quantitative estimate of drug-likeness (QED) is 0.704. The minimum absolute atomic E-state index is 0.0250. The van der Waals surface area contributed by atoms with E-state index in [1.165, 1.54) is 29.9 Å². The average molecular weight is 342 g/mol. The number of carbonyl (C=O) groups is 2. The molecule has 1 aliphatic rings. The summed E-state index contributed by atoms with van der Waals surface area (Å²) in [6, 6.07) is 3.00. The van der Waals surface area contributed by atoms with E-state index in [4.69, 9.17) is 4.74 Å². The molecule has 1 aromatic rings. The summed E-state index contributed by atoms with van der Waals surface area (Å²) in [6.07, 6.45) is 3.81. The molecule has 0 unspecified atom stereocenters. The van der Waals surface area contributed by atoms with E-state index in [0.717, 1.165) is 0 Å². The van der Waals surface area contributed by atoms with Crippen molar-refractivity contribution in [2.45, 2.75) is 17.7 Å². The molecule has 8 nitrogen and oxygen atoms in total. The van der Waals surface area contributed by atoms with Gasteiger partial charge in [-0.3, -0.25) is 9.78 Å². The molecule has 1 aromatic heterocycles. The van der Waals surface area contributed by atoms with Crippen LogP contribution in [0.15, 0.2) is 29.4 Å². The summed E-state index contributed by atoms with van der Waals surface area (Å²) in [7, 11) is -2.50. The van der Waals surface area contributed by atoms with Crippen LogP contribution in [0.5, 0.6) is 0 Å². The maximum absolute atomic E-state index is 12.5. The van der Waals surface area contributed by atoms with Gasteiger partial charge in [0.2, 0.25) is 10.0 Å². The molecule has 1 atom stereocenters. The minimum atomic E-state index is -3.69. The lowest BCUT2D eigenvalue weighted by atomic mass is 10.0. The molecule has 0 saturated carbocycles. The summed E-state index contributed by atoms with van der Waals surface area (Å²) in [5.41, 5.74) is 0. The molecule has 9 heteroatoms. The fraction of sp³-hybridized carbons (Fsp3) is 0.500. The lowest BCUT2D eigenvalue weighted by molar-refractivity contribution is -0.160. The van der Waals surface area contributed by atoms with Gasteiger partial charge in [0.1, 0.15) is 4.90 Å². The Balaban J connectivity index is 2.03. The number of pyridine rings is 1. The second-order valence-electron chi connectivity index (χ2n) is 5.07. The maximum atomic E-state index is 12.5. The smallest absolute Gasteiger partial charge is 0.344 e. The van der Waals surface area contributed by atoms with Crippen molar-refractivity contribution < 1.29 is 27.5 Å². The zero-order valence-corrected chi connectivity index (χ0v) is 13.5. The third-order valence-electron chi connectivity index (χ3n) is 3.55. The molecule has 0 amide bonds. The van der Waals surface area contributed by atoms with E-state index in [-0.39, 0.29) is 11.4 Å². The Bertz CT molecular complexity index is 661. The molecule has 126 valence electrons. The number of hydrogen-bond acceptors (Lipinski definition) is 7. The van der Waals surface area contributed by atoms with Crippen LogP contribution in [0.2, 0.25) is 0 Å². The fourth-order valence-electron chi connectivity index (χ4n) is 2.31. The second kappa shape index (κ2) is 7.51. The van der Waals surface area contributed by atoms with E-state index in [2.05, 4.69) is 9.72 Å². The van der Waals surface area contributed by atoms with E-state index in [1.54, 1.807) is 6.07 Å². The first-order chi connectivity index (χ1) is 10.9. The van der Waals surface area contributed by atoms with Gasteiger partial charge < -0.3 is 9.47 Å². The first-order valence-corrected chi connectivity index (χ1v) is 8.53. The van der Waals surface area contributed by atoms with Crippen LogP contribution in [0.3, 0.4) is 0 Å². The van der Waals surface area contributed by atoms with Gasteiger partial charge in [0.15, 0.2) is 6.61 Å². The molecule has 0 N–H and O–H groups in total. The summed E-state index contributed by atoms with van der Waals surface area (Å²) in [6.45, 7) is -0.115. The molecule has 0 aliphatic carbocycles. The highest BCUT2D eigenvalue weighted by Crippen LogP contribution is 2.24. The zero-order valence-electron chi connectivity index (χ0n) is 12.7. The van der Waals surface area contributed by atoms with Crippen LogP contribution in [0, 0.1) is 5.92 Å². The number of carbonyl (C=O) groups excluding carboxylic acids is 2. The van der Waals surface area contributed by atoms with Gasteiger partial charge in [-0.1, -0.05) is 0 Å². The lowest BCUT2D eigenvalue weighted by Crippen LogP contribution is -2.43. The van der Waals surface area contributed by atoms with Crippen LogP contribution in [0.25, 0.3) is 0 Å². The highest BCUT2D eigenvalue weighted by atomic mass is 32.2. The number of piperidine rings is 1. The monoisotopic (exact) mass is 342 g/mol. The predicted octanol–water partition coefficient (Wildman–Crippen LogP) is 0.198. The molecule has 0 bridgehead atoms. The molecule has 0 spiro atoms. The van der Waals surface area contributed by atoms with Crippen molar-refractivity contribution in [3.05, 3.63) is 24.5 Å². The number of methoxy groups -OCH3 is 1. The minimum Gasteiger partial charge on any atom is -0.466 e. The van der Waals surface area contributed by atoms with E-state index >= 15 is 0 Å². The molecule has 23 heavy (non-hydrogen) atoms. The molecule has 1 saturated heterocycles. The first-order valence-electron chi connectivity index (χ1n) is 7.09. The standard InChI is InChI=1S/C14H18N2O6S/c1-21-13(17)10-22-14(18)11-4-3-7-16(9-11)23(19,20)12-5-2-6-15-8-12/h2,5-6,8,11H,3-4,7,9-10H2,1H3/t11-/m0/s1. The largest absolute Gasteiger partial charge is 0.466 e. The normalized spacial score (nSPS) is 19.1. The van der Waals surface area contributed by atoms with Crippen molar-refractivity contribution in [1.29, 1.82) is 0 Å². The van der Waals surface area contributed by atoms with Crippen molar-refractivity contribution in [3.8, 4) is 0 Å². The number of sulfonamides is 1. The van der Waals surface area contributed by atoms with Crippen LogP contribution in [-0.2, 0) is 29.1 Å². The lowest BCUT2D eigenvalue weighted by Gasteiger charge is -2.30. The average Bonchev–Trinajstić information content (AvgIpc) is 2.60. The third kappa shape index (κ3) is 4.26. The molecular formula is C14H18N2O6S. The van der Waals surface area contributed by atoms with Crippen LogP contribution in [0.4, 0.5) is 0 Å². The Morgan fingerprint density at radius 1 is 1.43 bits per heavy atom. The topological polar surface area (TPSA) is 103 Å². The van der Waals surface area contributed by atoms with Gasteiger partial charge in [0.25, 0.3) is 0 Å². The highest BCUT2D eigenvalue weighted by molar-refractivity contribution is 7.89. The fourth-order valence-corrected chi connectivity index (χ4v) is 3.80. The Morgan fingerprint density at radius 2 is 2.22 bits per heavy atom. The van der Waals surface area contributed by atoms with Gasteiger partial charge in [-0.05, 0) is 25.0 Å². The van der Waals surface area contributed by atoms with Gasteiger partial charge in [-0.25, -0.2) is 13.2 Å².